The van der Waals surface area contributed by atoms with Crippen molar-refractivity contribution in [1.82, 2.24) is 19.2 Å². The highest BCUT2D eigenvalue weighted by Crippen LogP contribution is 2.44. The van der Waals surface area contributed by atoms with E-state index in [9.17, 15) is 0 Å². The molecule has 3 aromatic rings. The summed E-state index contributed by atoms with van der Waals surface area (Å²) in [6.07, 6.45) is 5.02. The van der Waals surface area contributed by atoms with Gasteiger partial charge < -0.3 is 9.30 Å². The van der Waals surface area contributed by atoms with Gasteiger partial charge in [0.25, 0.3) is 0 Å². The maximum atomic E-state index is 5.77. The Bertz CT molecular complexity index is 1080. The Hall–Kier alpha value is -2.18. The molecule has 5 nitrogen and oxygen atoms in total. The van der Waals surface area contributed by atoms with Gasteiger partial charge in [-0.25, -0.2) is 4.68 Å². The topological polar surface area (TPSA) is 35.2 Å². The Morgan fingerprint density at radius 3 is 2.57 bits per heavy atom. The third-order valence-electron chi connectivity index (χ3n) is 5.69. The highest BCUT2D eigenvalue weighted by molar-refractivity contribution is 7.71. The fourth-order valence-electron chi connectivity index (χ4n) is 3.91. The van der Waals surface area contributed by atoms with E-state index in [0.29, 0.717) is 12.0 Å². The third kappa shape index (κ3) is 3.47. The van der Waals surface area contributed by atoms with Gasteiger partial charge in [-0.2, -0.15) is 5.10 Å². The van der Waals surface area contributed by atoms with Gasteiger partial charge in [0.2, 0.25) is 0 Å². The first-order valence-corrected chi connectivity index (χ1v) is 10.5. The first-order chi connectivity index (χ1) is 13.6. The van der Waals surface area contributed by atoms with Gasteiger partial charge in [-0.15, -0.1) is 0 Å². The monoisotopic (exact) mass is 394 g/mol. The van der Waals surface area contributed by atoms with E-state index in [0.717, 1.165) is 23.7 Å². The van der Waals surface area contributed by atoms with Gasteiger partial charge in [0.1, 0.15) is 11.6 Å². The molecule has 6 heteroatoms. The molecule has 2 aromatic carbocycles. The van der Waals surface area contributed by atoms with Gasteiger partial charge in [-0.1, -0.05) is 18.2 Å². The second kappa shape index (κ2) is 7.01. The number of methoxy groups -OCH3 is 1. The van der Waals surface area contributed by atoms with Gasteiger partial charge in [-0.3, -0.25) is 4.90 Å². The normalized spacial score (nSPS) is 16.8. The first-order valence-electron chi connectivity index (χ1n) is 10.1. The second-order valence-corrected chi connectivity index (χ2v) is 8.58. The molecule has 0 amide bonds. The average molecular weight is 395 g/mol. The van der Waals surface area contributed by atoms with Gasteiger partial charge in [0, 0.05) is 18.5 Å². The molecule has 2 aliphatic carbocycles. The largest absolute Gasteiger partial charge is 0.497 e. The number of ether oxygens (including phenoxy) is 1. The van der Waals surface area contributed by atoms with Crippen molar-refractivity contribution in [3.05, 3.63) is 52.6 Å². The summed E-state index contributed by atoms with van der Waals surface area (Å²) in [4.78, 5) is 2.28. The highest BCUT2D eigenvalue weighted by atomic mass is 32.1. The molecule has 146 valence electrons. The summed E-state index contributed by atoms with van der Waals surface area (Å²) in [6, 6.07) is 13.4. The van der Waals surface area contributed by atoms with Gasteiger partial charge in [-0.05, 0) is 79.5 Å². The first kappa shape index (κ1) is 17.9. The van der Waals surface area contributed by atoms with Crippen molar-refractivity contribution in [2.75, 3.05) is 14.2 Å². The lowest BCUT2D eigenvalue weighted by molar-refractivity contribution is 0.243. The van der Waals surface area contributed by atoms with Crippen LogP contribution in [0.3, 0.4) is 0 Å². The molecule has 0 N–H and O–H groups in total. The summed E-state index contributed by atoms with van der Waals surface area (Å²) in [7, 11) is 3.84. The van der Waals surface area contributed by atoms with Crippen LogP contribution in [0.1, 0.15) is 49.0 Å². The Morgan fingerprint density at radius 1 is 1.11 bits per heavy atom. The Kier molecular flexibility index (Phi) is 4.48. The SMILES string of the molecule is COc1ccc2cc(CN(C)Cn3nc(C4CC4)n(C4CC4)c3=S)ccc2c1. The number of nitrogens with zero attached hydrogens (tertiary/aromatic N) is 4. The van der Waals surface area contributed by atoms with E-state index in [4.69, 9.17) is 22.1 Å². The molecule has 0 spiro atoms. The van der Waals surface area contributed by atoms with Gasteiger partial charge in [0.15, 0.2) is 4.77 Å². The molecule has 0 aliphatic heterocycles. The fraction of sp³-hybridized carbons (Fsp3) is 0.455. The maximum absolute atomic E-state index is 5.77. The molecule has 1 aromatic heterocycles. The molecule has 2 saturated carbocycles. The molecule has 0 atom stereocenters. The minimum absolute atomic E-state index is 0.597. The number of hydrogen-bond acceptors (Lipinski definition) is 4. The van der Waals surface area contributed by atoms with Crippen LogP contribution in [0.2, 0.25) is 0 Å². The lowest BCUT2D eigenvalue weighted by Crippen LogP contribution is -2.22. The maximum Gasteiger partial charge on any atom is 0.199 e. The molecular formula is C22H26N4OS. The van der Waals surface area contributed by atoms with Crippen LogP contribution in [0.4, 0.5) is 0 Å². The van der Waals surface area contributed by atoms with E-state index >= 15 is 0 Å². The summed E-state index contributed by atoms with van der Waals surface area (Å²) in [5, 5.41) is 7.34. The number of hydrogen-bond donors (Lipinski definition) is 0. The molecule has 0 saturated heterocycles. The van der Waals surface area contributed by atoms with Crippen LogP contribution < -0.4 is 4.74 Å². The van der Waals surface area contributed by atoms with Crippen molar-refractivity contribution in [2.24, 2.45) is 0 Å². The summed E-state index contributed by atoms with van der Waals surface area (Å²) in [5.41, 5.74) is 1.29. The minimum Gasteiger partial charge on any atom is -0.497 e. The number of fused-ring (bicyclic) bond motifs is 1. The molecular weight excluding hydrogens is 368 g/mol. The van der Waals surface area contributed by atoms with E-state index in [2.05, 4.69) is 46.8 Å². The summed E-state index contributed by atoms with van der Waals surface area (Å²) in [6.45, 7) is 1.58. The van der Waals surface area contributed by atoms with Crippen LogP contribution >= 0.6 is 12.2 Å². The summed E-state index contributed by atoms with van der Waals surface area (Å²) in [5.74, 6) is 2.75. The second-order valence-electron chi connectivity index (χ2n) is 8.22. The Morgan fingerprint density at radius 2 is 1.86 bits per heavy atom. The van der Waals surface area contributed by atoms with E-state index in [1.54, 1.807) is 7.11 Å². The van der Waals surface area contributed by atoms with Crippen molar-refractivity contribution < 1.29 is 4.74 Å². The fourth-order valence-corrected chi connectivity index (χ4v) is 4.26. The van der Waals surface area contributed by atoms with Crippen molar-refractivity contribution in [3.8, 4) is 5.75 Å². The zero-order valence-corrected chi connectivity index (χ0v) is 17.3. The standard InChI is InChI=1S/C22H26N4OS/c1-24(13-15-3-4-18-12-20(27-2)10-7-17(18)11-15)14-25-22(28)26(19-8-9-19)21(23-25)16-5-6-16/h3-4,7,10-12,16,19H,5-6,8-9,13-14H2,1-2H3. The van der Waals surface area contributed by atoms with Crippen LogP contribution in [0.25, 0.3) is 10.8 Å². The summed E-state index contributed by atoms with van der Waals surface area (Å²) >= 11 is 5.77. The van der Waals surface area contributed by atoms with Crippen LogP contribution in [-0.2, 0) is 13.2 Å². The molecule has 1 heterocycles. The molecule has 5 rings (SSSR count). The lowest BCUT2D eigenvalue weighted by atomic mass is 10.1. The Balaban J connectivity index is 1.33. The molecule has 0 unspecified atom stereocenters. The Labute approximate surface area is 170 Å². The van der Waals surface area contributed by atoms with E-state index in [1.165, 1.54) is 47.8 Å². The number of aromatic nitrogens is 3. The molecule has 0 radical (unpaired) electrons. The van der Waals surface area contributed by atoms with E-state index < -0.39 is 0 Å². The molecule has 0 bridgehead atoms. The van der Waals surface area contributed by atoms with Crippen molar-refractivity contribution >= 4 is 23.0 Å². The molecule has 28 heavy (non-hydrogen) atoms. The number of rotatable bonds is 7. The zero-order chi connectivity index (χ0) is 19.3. The highest BCUT2D eigenvalue weighted by Gasteiger charge is 2.35. The average Bonchev–Trinajstić information content (AvgIpc) is 3.60. The van der Waals surface area contributed by atoms with Crippen LogP contribution in [0.5, 0.6) is 5.75 Å². The van der Waals surface area contributed by atoms with E-state index in [-0.39, 0.29) is 0 Å². The van der Waals surface area contributed by atoms with Gasteiger partial charge in [0.05, 0.1) is 13.8 Å². The van der Waals surface area contributed by atoms with Crippen molar-refractivity contribution in [1.29, 1.82) is 0 Å². The van der Waals surface area contributed by atoms with Crippen LogP contribution in [-0.4, -0.2) is 33.4 Å². The third-order valence-corrected chi connectivity index (χ3v) is 6.10. The zero-order valence-electron chi connectivity index (χ0n) is 16.5. The summed E-state index contributed by atoms with van der Waals surface area (Å²) < 4.78 is 10.6. The molecule has 2 fully saturated rings. The minimum atomic E-state index is 0.597. The van der Waals surface area contributed by atoms with Crippen LogP contribution in [0.15, 0.2) is 36.4 Å². The molecule has 2 aliphatic rings. The van der Waals surface area contributed by atoms with Crippen LogP contribution in [0, 0.1) is 4.77 Å². The predicted octanol–water partition coefficient (Wildman–Crippen LogP) is 4.88. The van der Waals surface area contributed by atoms with Crippen molar-refractivity contribution in [2.45, 2.75) is 50.9 Å². The lowest BCUT2D eigenvalue weighted by Gasteiger charge is -2.17. The quantitative estimate of drug-likeness (QED) is 0.535. The predicted molar refractivity (Wildman–Crippen MR) is 113 cm³/mol. The smallest absolute Gasteiger partial charge is 0.199 e. The van der Waals surface area contributed by atoms with E-state index in [1.807, 2.05) is 10.7 Å². The van der Waals surface area contributed by atoms with Crippen molar-refractivity contribution in [3.63, 3.8) is 0 Å². The van der Waals surface area contributed by atoms with Gasteiger partial charge >= 0.3 is 0 Å². The number of benzene rings is 2.